The van der Waals surface area contributed by atoms with Gasteiger partial charge in [0.15, 0.2) is 11.5 Å². The maximum absolute atomic E-state index is 6.03. The van der Waals surface area contributed by atoms with Gasteiger partial charge in [-0.15, -0.1) is 0 Å². The van der Waals surface area contributed by atoms with Crippen molar-refractivity contribution in [3.05, 3.63) is 53.6 Å². The second-order valence-corrected chi connectivity index (χ2v) is 5.97. The van der Waals surface area contributed by atoms with Gasteiger partial charge >= 0.3 is 0 Å². The van der Waals surface area contributed by atoms with E-state index in [1.807, 2.05) is 25.1 Å². The molecule has 0 saturated heterocycles. The number of benzene rings is 2. The molecule has 136 valence electrons. The molecule has 0 radical (unpaired) electrons. The summed E-state index contributed by atoms with van der Waals surface area (Å²) >= 11 is 0. The Labute approximate surface area is 150 Å². The lowest BCUT2D eigenvalue weighted by molar-refractivity contribution is 0.276. The normalized spacial score (nSPS) is 11.8. The molecule has 0 saturated carbocycles. The van der Waals surface area contributed by atoms with Crippen molar-refractivity contribution in [3.8, 4) is 17.2 Å². The Bertz CT molecular complexity index is 640. The molecule has 2 N–H and O–H groups in total. The Kier molecular flexibility index (Phi) is 7.61. The molecule has 0 aliphatic heterocycles. The van der Waals surface area contributed by atoms with E-state index in [4.69, 9.17) is 19.9 Å². The first kappa shape index (κ1) is 19.1. The maximum atomic E-state index is 6.03. The van der Waals surface area contributed by atoms with Gasteiger partial charge in [-0.2, -0.15) is 0 Å². The zero-order valence-corrected chi connectivity index (χ0v) is 15.5. The molecule has 0 bridgehead atoms. The number of rotatable bonds is 10. The second-order valence-electron chi connectivity index (χ2n) is 5.97. The highest BCUT2D eigenvalue weighted by molar-refractivity contribution is 5.43. The summed E-state index contributed by atoms with van der Waals surface area (Å²) in [5, 5.41) is 0. The van der Waals surface area contributed by atoms with Crippen LogP contribution < -0.4 is 19.9 Å². The first-order valence-corrected chi connectivity index (χ1v) is 8.94. The van der Waals surface area contributed by atoms with Gasteiger partial charge in [0.25, 0.3) is 0 Å². The van der Waals surface area contributed by atoms with E-state index in [1.165, 1.54) is 11.1 Å². The lowest BCUT2D eigenvalue weighted by Gasteiger charge is -2.18. The third kappa shape index (κ3) is 5.40. The van der Waals surface area contributed by atoms with Crippen molar-refractivity contribution in [3.63, 3.8) is 0 Å². The molecule has 0 fully saturated rings. The number of hydrogen-bond donors (Lipinski definition) is 1. The molecule has 1 unspecified atom stereocenters. The van der Waals surface area contributed by atoms with Gasteiger partial charge in [-0.3, -0.25) is 0 Å². The summed E-state index contributed by atoms with van der Waals surface area (Å²) in [5.41, 5.74) is 8.44. The Morgan fingerprint density at radius 3 is 2.32 bits per heavy atom. The van der Waals surface area contributed by atoms with Crippen LogP contribution in [0.2, 0.25) is 0 Å². The third-order valence-corrected chi connectivity index (χ3v) is 4.12. The molecular formula is C21H29NO3. The minimum absolute atomic E-state index is 0.253. The Balaban J connectivity index is 2.16. The fourth-order valence-corrected chi connectivity index (χ4v) is 2.78. The van der Waals surface area contributed by atoms with Crippen LogP contribution >= 0.6 is 0 Å². The maximum Gasteiger partial charge on any atom is 0.161 e. The van der Waals surface area contributed by atoms with E-state index in [-0.39, 0.29) is 5.92 Å². The largest absolute Gasteiger partial charge is 0.497 e. The molecule has 4 heteroatoms. The van der Waals surface area contributed by atoms with Crippen LogP contribution in [0.4, 0.5) is 0 Å². The summed E-state index contributed by atoms with van der Waals surface area (Å²) < 4.78 is 16.8. The van der Waals surface area contributed by atoms with Crippen LogP contribution in [0, 0.1) is 0 Å². The van der Waals surface area contributed by atoms with Gasteiger partial charge in [0.05, 0.1) is 20.3 Å². The van der Waals surface area contributed by atoms with Crippen LogP contribution in [0.3, 0.4) is 0 Å². The predicted octanol–water partition coefficient (Wildman–Crippen LogP) is 4.17. The number of hydrogen-bond acceptors (Lipinski definition) is 4. The number of nitrogens with two attached hydrogens (primary N) is 1. The van der Waals surface area contributed by atoms with Crippen LogP contribution in [-0.4, -0.2) is 26.9 Å². The Hall–Kier alpha value is -2.20. The van der Waals surface area contributed by atoms with E-state index in [1.54, 1.807) is 7.11 Å². The Morgan fingerprint density at radius 1 is 0.960 bits per heavy atom. The van der Waals surface area contributed by atoms with Crippen molar-refractivity contribution in [1.82, 2.24) is 0 Å². The molecule has 2 rings (SSSR count). The SMILES string of the molecule is CCCOc1ccc(CC(CN)c2ccc(OC)cc2)cc1OCC. The molecule has 0 amide bonds. The molecule has 0 aliphatic rings. The van der Waals surface area contributed by atoms with E-state index in [0.29, 0.717) is 19.8 Å². The zero-order valence-electron chi connectivity index (χ0n) is 15.5. The highest BCUT2D eigenvalue weighted by atomic mass is 16.5. The van der Waals surface area contributed by atoms with Crippen molar-refractivity contribution < 1.29 is 14.2 Å². The summed E-state index contributed by atoms with van der Waals surface area (Å²) in [5.74, 6) is 2.72. The van der Waals surface area contributed by atoms with E-state index in [9.17, 15) is 0 Å². The molecular weight excluding hydrogens is 314 g/mol. The van der Waals surface area contributed by atoms with Crippen molar-refractivity contribution in [1.29, 1.82) is 0 Å². The minimum Gasteiger partial charge on any atom is -0.497 e. The van der Waals surface area contributed by atoms with Gasteiger partial charge in [-0.1, -0.05) is 25.1 Å². The van der Waals surface area contributed by atoms with Crippen LogP contribution in [0.15, 0.2) is 42.5 Å². The summed E-state index contributed by atoms with van der Waals surface area (Å²) in [6, 6.07) is 14.3. The molecule has 4 nitrogen and oxygen atoms in total. The fourth-order valence-electron chi connectivity index (χ4n) is 2.78. The van der Waals surface area contributed by atoms with Crippen LogP contribution in [0.1, 0.15) is 37.3 Å². The summed E-state index contributed by atoms with van der Waals surface area (Å²) in [4.78, 5) is 0. The fraction of sp³-hybridized carbons (Fsp3) is 0.429. The summed E-state index contributed by atoms with van der Waals surface area (Å²) in [7, 11) is 1.67. The molecule has 1 atom stereocenters. The van der Waals surface area contributed by atoms with Crippen LogP contribution in [-0.2, 0) is 6.42 Å². The minimum atomic E-state index is 0.253. The van der Waals surface area contributed by atoms with Gasteiger partial charge in [-0.25, -0.2) is 0 Å². The second kappa shape index (κ2) is 9.94. The van der Waals surface area contributed by atoms with Crippen molar-refractivity contribution >= 4 is 0 Å². The van der Waals surface area contributed by atoms with E-state index < -0.39 is 0 Å². The van der Waals surface area contributed by atoms with Gasteiger partial charge in [0.1, 0.15) is 5.75 Å². The van der Waals surface area contributed by atoms with E-state index in [2.05, 4.69) is 31.2 Å². The molecule has 25 heavy (non-hydrogen) atoms. The van der Waals surface area contributed by atoms with Gasteiger partial charge in [-0.05, 0) is 61.7 Å². The van der Waals surface area contributed by atoms with Crippen molar-refractivity contribution in [2.75, 3.05) is 26.9 Å². The van der Waals surface area contributed by atoms with Gasteiger partial charge in [0.2, 0.25) is 0 Å². The lowest BCUT2D eigenvalue weighted by Crippen LogP contribution is -2.15. The van der Waals surface area contributed by atoms with Crippen LogP contribution in [0.5, 0.6) is 17.2 Å². The van der Waals surface area contributed by atoms with Gasteiger partial charge < -0.3 is 19.9 Å². The quantitative estimate of drug-likeness (QED) is 0.703. The van der Waals surface area contributed by atoms with E-state index >= 15 is 0 Å². The average molecular weight is 343 g/mol. The van der Waals surface area contributed by atoms with Crippen LogP contribution in [0.25, 0.3) is 0 Å². The molecule has 0 aromatic heterocycles. The predicted molar refractivity (Wildman–Crippen MR) is 102 cm³/mol. The van der Waals surface area contributed by atoms with Crippen molar-refractivity contribution in [2.45, 2.75) is 32.6 Å². The number of ether oxygens (including phenoxy) is 3. The lowest BCUT2D eigenvalue weighted by atomic mass is 9.92. The summed E-state index contributed by atoms with van der Waals surface area (Å²) in [6.07, 6.45) is 1.83. The molecule has 0 aliphatic carbocycles. The molecule has 2 aromatic rings. The van der Waals surface area contributed by atoms with E-state index in [0.717, 1.165) is 30.1 Å². The molecule has 2 aromatic carbocycles. The van der Waals surface area contributed by atoms with Crippen molar-refractivity contribution in [2.24, 2.45) is 5.73 Å². The van der Waals surface area contributed by atoms with Gasteiger partial charge in [0, 0.05) is 5.92 Å². The smallest absolute Gasteiger partial charge is 0.161 e. The Morgan fingerprint density at radius 2 is 1.72 bits per heavy atom. The zero-order chi connectivity index (χ0) is 18.1. The average Bonchev–Trinajstić information content (AvgIpc) is 2.66. The highest BCUT2D eigenvalue weighted by Gasteiger charge is 2.13. The monoisotopic (exact) mass is 343 g/mol. The first-order chi connectivity index (χ1) is 12.2. The molecule has 0 spiro atoms. The standard InChI is InChI=1S/C21H29NO3/c1-4-12-25-20-11-6-16(14-21(20)24-5-2)13-18(15-22)17-7-9-19(23-3)10-8-17/h6-11,14,18H,4-5,12-13,15,22H2,1-3H3. The topological polar surface area (TPSA) is 53.7 Å². The summed E-state index contributed by atoms with van der Waals surface area (Å²) in [6.45, 7) is 5.97. The third-order valence-electron chi connectivity index (χ3n) is 4.12. The highest BCUT2D eigenvalue weighted by Crippen LogP contribution is 2.31. The molecule has 0 heterocycles. The number of methoxy groups -OCH3 is 1. The first-order valence-electron chi connectivity index (χ1n) is 8.94.